The number of aromatic amines is 1. The van der Waals surface area contributed by atoms with Crippen LogP contribution < -0.4 is 15.8 Å². The highest BCUT2D eigenvalue weighted by Gasteiger charge is 2.48. The summed E-state index contributed by atoms with van der Waals surface area (Å²) >= 11 is 0. The molecule has 0 spiro atoms. The van der Waals surface area contributed by atoms with Crippen LogP contribution in [-0.2, 0) is 22.1 Å². The number of H-pyrrole nitrogens is 1. The maximum atomic E-state index is 14.0. The lowest BCUT2D eigenvalue weighted by Crippen LogP contribution is -2.40. The number of hydrogen-bond donors (Lipinski definition) is 4. The highest BCUT2D eigenvalue weighted by Crippen LogP contribution is 2.44. The Morgan fingerprint density at radius 1 is 1.08 bits per heavy atom. The second-order valence-electron chi connectivity index (χ2n) is 12.3. The summed E-state index contributed by atoms with van der Waals surface area (Å²) in [5, 5.41) is 19.3. The molecule has 0 unspecified atom stereocenters. The molecule has 0 aliphatic carbocycles. The van der Waals surface area contributed by atoms with Crippen LogP contribution in [0.15, 0.2) is 53.6 Å². The average Bonchev–Trinajstić information content (AvgIpc) is 3.83. The predicted octanol–water partition coefficient (Wildman–Crippen LogP) is 3.44. The van der Waals surface area contributed by atoms with E-state index in [1.165, 1.54) is 35.0 Å². The fourth-order valence-corrected chi connectivity index (χ4v) is 8.05. The van der Waals surface area contributed by atoms with Gasteiger partial charge in [-0.25, -0.2) is 22.0 Å². The monoisotopic (exact) mass is 697 g/mol. The molecule has 4 aromatic rings. The van der Waals surface area contributed by atoms with E-state index < -0.39 is 49.9 Å². The van der Waals surface area contributed by atoms with Crippen LogP contribution in [0.4, 0.5) is 14.6 Å². The van der Waals surface area contributed by atoms with Gasteiger partial charge in [0.25, 0.3) is 5.91 Å². The summed E-state index contributed by atoms with van der Waals surface area (Å²) in [7, 11) is -4.44. The van der Waals surface area contributed by atoms with Crippen LogP contribution in [0.5, 0.6) is 5.75 Å². The molecular formula is C32H33F2N7O7S. The predicted molar refractivity (Wildman–Crippen MR) is 171 cm³/mol. The zero-order valence-electron chi connectivity index (χ0n) is 26.5. The number of anilines is 1. The van der Waals surface area contributed by atoms with Crippen molar-refractivity contribution in [3.63, 3.8) is 0 Å². The number of carboxylic acid groups (broad SMARTS) is 1. The van der Waals surface area contributed by atoms with E-state index >= 15 is 0 Å². The van der Waals surface area contributed by atoms with Crippen LogP contribution in [0.2, 0.25) is 0 Å². The molecular weight excluding hydrogens is 664 g/mol. The van der Waals surface area contributed by atoms with E-state index in [9.17, 15) is 36.7 Å². The van der Waals surface area contributed by atoms with Crippen LogP contribution in [0, 0.1) is 11.6 Å². The smallest absolute Gasteiger partial charge is 0.352 e. The number of nitrogens with one attached hydrogen (secondary N) is 2. The molecule has 1 fully saturated rings. The van der Waals surface area contributed by atoms with Gasteiger partial charge >= 0.3 is 5.97 Å². The Bertz CT molecular complexity index is 2070. The summed E-state index contributed by atoms with van der Waals surface area (Å²) < 4.78 is 63.4. The number of nitrogens with zero attached hydrogens (tertiary/aromatic N) is 4. The van der Waals surface area contributed by atoms with Gasteiger partial charge in [0.15, 0.2) is 5.82 Å². The molecule has 4 heterocycles. The Kier molecular flexibility index (Phi) is 8.76. The molecule has 258 valence electrons. The van der Waals surface area contributed by atoms with Gasteiger partial charge in [-0.05, 0) is 76.2 Å². The fraction of sp³-hybridized carbons (Fsp3) is 0.312. The van der Waals surface area contributed by atoms with Gasteiger partial charge in [-0.15, -0.1) is 0 Å². The lowest BCUT2D eigenvalue weighted by Gasteiger charge is -2.30. The minimum Gasteiger partial charge on any atom is -0.490 e. The van der Waals surface area contributed by atoms with Gasteiger partial charge in [-0.2, -0.15) is 9.40 Å². The molecule has 49 heavy (non-hydrogen) atoms. The first-order valence-corrected chi connectivity index (χ1v) is 16.7. The number of rotatable bonds is 11. The average molecular weight is 698 g/mol. The summed E-state index contributed by atoms with van der Waals surface area (Å²) in [6.07, 6.45) is 3.62. The van der Waals surface area contributed by atoms with E-state index in [2.05, 4.69) is 20.4 Å². The van der Waals surface area contributed by atoms with Crippen LogP contribution in [0.1, 0.15) is 69.2 Å². The van der Waals surface area contributed by atoms with Crippen LogP contribution in [0.25, 0.3) is 5.69 Å². The Morgan fingerprint density at radius 3 is 2.43 bits per heavy atom. The molecule has 2 aromatic carbocycles. The van der Waals surface area contributed by atoms with Gasteiger partial charge in [-0.3, -0.25) is 19.6 Å². The minimum atomic E-state index is -4.44. The zero-order valence-corrected chi connectivity index (χ0v) is 27.3. The minimum absolute atomic E-state index is 0.0636. The van der Waals surface area contributed by atoms with Crippen molar-refractivity contribution in [1.82, 2.24) is 24.0 Å². The van der Waals surface area contributed by atoms with Crippen molar-refractivity contribution in [1.29, 1.82) is 0 Å². The third kappa shape index (κ3) is 6.27. The van der Waals surface area contributed by atoms with Gasteiger partial charge in [-0.1, -0.05) is 0 Å². The van der Waals surface area contributed by atoms with Gasteiger partial charge in [0, 0.05) is 30.9 Å². The Morgan fingerprint density at radius 2 is 1.78 bits per heavy atom. The van der Waals surface area contributed by atoms with Gasteiger partial charge < -0.3 is 25.5 Å². The molecule has 2 aliphatic heterocycles. The van der Waals surface area contributed by atoms with Crippen molar-refractivity contribution >= 4 is 33.6 Å². The fourth-order valence-electron chi connectivity index (χ4n) is 6.28. The highest BCUT2D eigenvalue weighted by atomic mass is 32.2. The molecule has 1 saturated heterocycles. The number of nitrogens with two attached hydrogens (primary N) is 1. The Balaban J connectivity index is 1.34. The molecule has 2 amide bonds. The molecule has 2 aliphatic rings. The number of hydrogen-bond acceptors (Lipinski definition) is 8. The summed E-state index contributed by atoms with van der Waals surface area (Å²) in [6, 6.07) is 7.44. The second kappa shape index (κ2) is 12.7. The summed E-state index contributed by atoms with van der Waals surface area (Å²) in [5.41, 5.74) is 4.60. The number of carboxylic acids is 1. The number of fused-ring (bicyclic) bond motifs is 1. The molecule has 0 bridgehead atoms. The number of carbonyl (C=O) groups is 3. The van der Waals surface area contributed by atoms with E-state index in [1.54, 1.807) is 13.8 Å². The highest BCUT2D eigenvalue weighted by molar-refractivity contribution is 7.89. The molecule has 0 atom stereocenters. The molecule has 0 radical (unpaired) electrons. The van der Waals surface area contributed by atoms with Crippen LogP contribution in [0.3, 0.4) is 0 Å². The summed E-state index contributed by atoms with van der Waals surface area (Å²) in [6.45, 7) is 5.45. The van der Waals surface area contributed by atoms with Gasteiger partial charge in [0.05, 0.1) is 32.9 Å². The normalized spacial score (nSPS) is 16.1. The van der Waals surface area contributed by atoms with Gasteiger partial charge in [0.1, 0.15) is 29.7 Å². The summed E-state index contributed by atoms with van der Waals surface area (Å²) in [4.78, 5) is 40.2. The van der Waals surface area contributed by atoms with Crippen LogP contribution >= 0.6 is 0 Å². The first kappa shape index (κ1) is 33.8. The Hall–Kier alpha value is -5.13. The number of amides is 2. The first-order valence-electron chi connectivity index (χ1n) is 15.3. The van der Waals surface area contributed by atoms with Crippen molar-refractivity contribution in [2.45, 2.75) is 43.7 Å². The molecule has 17 heteroatoms. The second-order valence-corrected chi connectivity index (χ2v) is 14.1. The number of halogens is 2. The van der Waals surface area contributed by atoms with E-state index in [0.29, 0.717) is 30.4 Å². The molecule has 2 aromatic heterocycles. The topological polar surface area (TPSA) is 193 Å². The largest absolute Gasteiger partial charge is 0.490 e. The number of likely N-dealkylation sites (tertiary alicyclic amines) is 1. The quantitative estimate of drug-likeness (QED) is 0.182. The van der Waals surface area contributed by atoms with Crippen molar-refractivity contribution < 1.29 is 41.4 Å². The van der Waals surface area contributed by atoms with E-state index in [-0.39, 0.29) is 52.8 Å². The van der Waals surface area contributed by atoms with Crippen molar-refractivity contribution in [2.75, 3.05) is 31.6 Å². The molecule has 0 saturated carbocycles. The third-order valence-electron chi connectivity index (χ3n) is 8.76. The molecule has 5 N–H and O–H groups in total. The van der Waals surface area contributed by atoms with Crippen molar-refractivity contribution in [3.05, 3.63) is 88.4 Å². The maximum absolute atomic E-state index is 14.0. The van der Waals surface area contributed by atoms with Crippen molar-refractivity contribution in [2.24, 2.45) is 5.73 Å². The lowest BCUT2D eigenvalue weighted by molar-refractivity contribution is 0.0687. The number of carbonyl (C=O) groups excluding carboxylic acids is 2. The van der Waals surface area contributed by atoms with E-state index in [0.717, 1.165) is 30.2 Å². The Labute approximate surface area is 279 Å². The number of ether oxygens (including phenoxy) is 1. The standard InChI is InChI=1S/C32H33F2N7O7S/c1-32(2)27-23(17-41(32)49(46,47)20-13-18(33)12-19(34)14-20)29(38-37-27)36-30(43)22-15-25(40-9-5-6-24(40)31(44)45)26(16-21(22)28(35)42)48-11-10-39-7-3-4-8-39/h5-6,9,12-16H,3-4,7-8,10-11,17H2,1-2H3,(H2,35,42)(H,44,45)(H2,36,37,38,43). The van der Waals surface area contributed by atoms with E-state index in [1.807, 2.05) is 0 Å². The number of aromatic carboxylic acids is 1. The SMILES string of the molecule is CC1(C)c2[nH]nc(NC(=O)c3cc(-n4cccc4C(=O)O)c(OCCN4CCCC4)cc3C(N)=O)c2CN1S(=O)(=O)c1cc(F)cc(F)c1. The summed E-state index contributed by atoms with van der Waals surface area (Å²) in [5.74, 6) is -5.12. The molecule has 6 rings (SSSR count). The third-order valence-corrected chi connectivity index (χ3v) is 10.8. The number of primary amides is 1. The van der Waals surface area contributed by atoms with Crippen LogP contribution in [-0.4, -0.2) is 81.5 Å². The maximum Gasteiger partial charge on any atom is 0.352 e. The number of sulfonamides is 1. The van der Waals surface area contributed by atoms with E-state index in [4.69, 9.17) is 10.5 Å². The number of benzene rings is 2. The zero-order chi connectivity index (χ0) is 35.2. The first-order chi connectivity index (χ1) is 23.2. The lowest BCUT2D eigenvalue weighted by atomic mass is 10.0. The van der Waals surface area contributed by atoms with Gasteiger partial charge in [0.2, 0.25) is 15.9 Å². The number of aromatic nitrogens is 3. The van der Waals surface area contributed by atoms with Crippen molar-refractivity contribution in [3.8, 4) is 11.4 Å². The molecule has 14 nitrogen and oxygen atoms in total.